The maximum atomic E-state index is 11.0. The molecule has 1 N–H and O–H groups in total. The van der Waals surface area contributed by atoms with Crippen LogP contribution in [0.1, 0.15) is 16.1 Å². The van der Waals surface area contributed by atoms with Gasteiger partial charge in [-0.1, -0.05) is 0 Å². The molecule has 0 radical (unpaired) electrons. The normalized spacial score (nSPS) is 10.7. The molecule has 2 aromatic rings. The molecule has 0 aliphatic carbocycles. The van der Waals surface area contributed by atoms with Crippen LogP contribution in [0, 0.1) is 10.5 Å². The average Bonchev–Trinajstić information content (AvgIpc) is 2.40. The quantitative estimate of drug-likeness (QED) is 0.819. The molecule has 14 heavy (non-hydrogen) atoms. The number of carboxylic acid groups (broad SMARTS) is 1. The molecular weight excluding hydrogens is 295 g/mol. The van der Waals surface area contributed by atoms with Gasteiger partial charge in [-0.15, -0.1) is 0 Å². The Balaban J connectivity index is 2.86. The van der Waals surface area contributed by atoms with Crippen LogP contribution < -0.4 is 0 Å². The van der Waals surface area contributed by atoms with Gasteiger partial charge in [0.1, 0.15) is 5.56 Å². The van der Waals surface area contributed by atoms with Crippen molar-refractivity contribution in [3.05, 3.63) is 33.2 Å². The lowest BCUT2D eigenvalue weighted by Gasteiger charge is -1.94. The molecule has 0 aliphatic heterocycles. The lowest BCUT2D eigenvalue weighted by molar-refractivity contribution is 0.0698. The lowest BCUT2D eigenvalue weighted by atomic mass is 10.2. The molecule has 2 aromatic heterocycles. The van der Waals surface area contributed by atoms with Gasteiger partial charge in [0.05, 0.1) is 11.2 Å². The number of rotatable bonds is 1. The number of pyridine rings is 1. The molecule has 5 heteroatoms. The van der Waals surface area contributed by atoms with Gasteiger partial charge in [0.2, 0.25) is 0 Å². The SMILES string of the molecule is Cc1nn2ccc(I)cc2c1C(=O)O. The minimum absolute atomic E-state index is 0.281. The van der Waals surface area contributed by atoms with Crippen molar-refractivity contribution in [1.29, 1.82) is 0 Å². The minimum atomic E-state index is -0.931. The van der Waals surface area contributed by atoms with Gasteiger partial charge in [-0.05, 0) is 41.6 Å². The van der Waals surface area contributed by atoms with Crippen LogP contribution in [-0.4, -0.2) is 20.7 Å². The Morgan fingerprint density at radius 2 is 2.36 bits per heavy atom. The van der Waals surface area contributed by atoms with Crippen molar-refractivity contribution in [3.63, 3.8) is 0 Å². The number of aromatic carboxylic acids is 1. The fourth-order valence-corrected chi connectivity index (χ4v) is 1.86. The second kappa shape index (κ2) is 3.23. The van der Waals surface area contributed by atoms with Crippen molar-refractivity contribution in [2.75, 3.05) is 0 Å². The predicted octanol–water partition coefficient (Wildman–Crippen LogP) is 1.95. The number of halogens is 1. The Morgan fingerprint density at radius 3 is 3.00 bits per heavy atom. The fourth-order valence-electron chi connectivity index (χ4n) is 1.40. The van der Waals surface area contributed by atoms with E-state index >= 15 is 0 Å². The van der Waals surface area contributed by atoms with Gasteiger partial charge in [0, 0.05) is 9.77 Å². The van der Waals surface area contributed by atoms with Crippen LogP contribution in [0.4, 0.5) is 0 Å². The van der Waals surface area contributed by atoms with Crippen LogP contribution in [-0.2, 0) is 0 Å². The van der Waals surface area contributed by atoms with Crippen molar-refractivity contribution in [3.8, 4) is 0 Å². The number of nitrogens with zero attached hydrogens (tertiary/aromatic N) is 2. The molecular formula is C9H7IN2O2. The van der Waals surface area contributed by atoms with Crippen LogP contribution in [0.5, 0.6) is 0 Å². The van der Waals surface area contributed by atoms with Crippen LogP contribution in [0.2, 0.25) is 0 Å². The molecule has 0 bridgehead atoms. The summed E-state index contributed by atoms with van der Waals surface area (Å²) >= 11 is 2.14. The molecule has 0 aliphatic rings. The summed E-state index contributed by atoms with van der Waals surface area (Å²) in [6, 6.07) is 3.69. The van der Waals surface area contributed by atoms with E-state index in [2.05, 4.69) is 27.7 Å². The van der Waals surface area contributed by atoms with Gasteiger partial charge in [-0.2, -0.15) is 5.10 Å². The summed E-state index contributed by atoms with van der Waals surface area (Å²) in [5.41, 5.74) is 1.46. The first kappa shape index (κ1) is 9.45. The molecule has 0 amide bonds. The van der Waals surface area contributed by atoms with E-state index in [1.807, 2.05) is 12.1 Å². The molecule has 0 atom stereocenters. The van der Waals surface area contributed by atoms with Gasteiger partial charge in [0.25, 0.3) is 0 Å². The van der Waals surface area contributed by atoms with Crippen LogP contribution in [0.3, 0.4) is 0 Å². The number of aromatic nitrogens is 2. The number of hydrogen-bond acceptors (Lipinski definition) is 2. The number of carboxylic acids is 1. The topological polar surface area (TPSA) is 54.6 Å². The molecule has 2 heterocycles. The highest BCUT2D eigenvalue weighted by Gasteiger charge is 2.15. The Labute approximate surface area is 93.7 Å². The van der Waals surface area contributed by atoms with E-state index in [0.29, 0.717) is 11.2 Å². The summed E-state index contributed by atoms with van der Waals surface area (Å²) < 4.78 is 2.58. The Bertz CT molecular complexity index is 519. The van der Waals surface area contributed by atoms with Gasteiger partial charge in [0.15, 0.2) is 0 Å². The Hall–Kier alpha value is -1.11. The van der Waals surface area contributed by atoms with Gasteiger partial charge < -0.3 is 5.11 Å². The summed E-state index contributed by atoms with van der Waals surface area (Å²) in [6.45, 7) is 1.70. The summed E-state index contributed by atoms with van der Waals surface area (Å²) in [6.07, 6.45) is 1.76. The highest BCUT2D eigenvalue weighted by Crippen LogP contribution is 2.17. The van der Waals surface area contributed by atoms with Gasteiger partial charge in [-0.25, -0.2) is 9.31 Å². The van der Waals surface area contributed by atoms with Crippen molar-refractivity contribution >= 4 is 34.1 Å². The molecule has 0 spiro atoms. The number of fused-ring (bicyclic) bond motifs is 1. The van der Waals surface area contributed by atoms with E-state index in [4.69, 9.17) is 5.11 Å². The Kier molecular flexibility index (Phi) is 2.18. The van der Waals surface area contributed by atoms with Crippen molar-refractivity contribution in [2.45, 2.75) is 6.92 Å². The highest BCUT2D eigenvalue weighted by molar-refractivity contribution is 14.1. The molecule has 0 fully saturated rings. The van der Waals surface area contributed by atoms with E-state index in [1.165, 1.54) is 0 Å². The van der Waals surface area contributed by atoms with E-state index in [0.717, 1.165) is 3.57 Å². The number of hydrogen-bond donors (Lipinski definition) is 1. The third-order valence-electron chi connectivity index (χ3n) is 1.99. The Morgan fingerprint density at radius 1 is 1.64 bits per heavy atom. The fraction of sp³-hybridized carbons (Fsp3) is 0.111. The highest BCUT2D eigenvalue weighted by atomic mass is 127. The van der Waals surface area contributed by atoms with Crippen molar-refractivity contribution in [1.82, 2.24) is 9.61 Å². The molecule has 4 nitrogen and oxygen atoms in total. The van der Waals surface area contributed by atoms with Gasteiger partial charge in [-0.3, -0.25) is 0 Å². The zero-order valence-corrected chi connectivity index (χ0v) is 9.52. The van der Waals surface area contributed by atoms with Crippen LogP contribution in [0.25, 0.3) is 5.52 Å². The van der Waals surface area contributed by atoms with E-state index in [-0.39, 0.29) is 5.56 Å². The first-order valence-electron chi connectivity index (χ1n) is 3.97. The number of carbonyl (C=O) groups is 1. The lowest BCUT2D eigenvalue weighted by Crippen LogP contribution is -1.97. The zero-order valence-electron chi connectivity index (χ0n) is 7.36. The second-order valence-corrected chi connectivity index (χ2v) is 4.19. The summed E-state index contributed by atoms with van der Waals surface area (Å²) in [4.78, 5) is 11.0. The van der Waals surface area contributed by atoms with E-state index < -0.39 is 5.97 Å². The zero-order chi connectivity index (χ0) is 10.3. The standard InChI is InChI=1S/C9H7IN2O2/c1-5-8(9(13)14)7-4-6(10)2-3-12(7)11-5/h2-4H,1H3,(H,13,14). The molecule has 0 saturated carbocycles. The molecule has 2 rings (SSSR count). The summed E-state index contributed by atoms with van der Waals surface area (Å²) in [5, 5.41) is 13.1. The maximum absolute atomic E-state index is 11.0. The molecule has 0 unspecified atom stereocenters. The third-order valence-corrected chi connectivity index (χ3v) is 2.66. The average molecular weight is 302 g/mol. The first-order valence-corrected chi connectivity index (χ1v) is 5.05. The smallest absolute Gasteiger partial charge is 0.339 e. The monoisotopic (exact) mass is 302 g/mol. The predicted molar refractivity (Wildman–Crippen MR) is 59.6 cm³/mol. The largest absolute Gasteiger partial charge is 0.478 e. The third kappa shape index (κ3) is 1.37. The van der Waals surface area contributed by atoms with Crippen LogP contribution >= 0.6 is 22.6 Å². The summed E-state index contributed by atoms with van der Waals surface area (Å²) in [7, 11) is 0. The molecule has 0 saturated heterocycles. The molecule has 72 valence electrons. The van der Waals surface area contributed by atoms with Crippen molar-refractivity contribution < 1.29 is 9.90 Å². The molecule has 0 aromatic carbocycles. The second-order valence-electron chi connectivity index (χ2n) is 2.94. The summed E-state index contributed by atoms with van der Waals surface area (Å²) in [5.74, 6) is -0.931. The maximum Gasteiger partial charge on any atom is 0.339 e. The van der Waals surface area contributed by atoms with Crippen molar-refractivity contribution in [2.24, 2.45) is 0 Å². The van der Waals surface area contributed by atoms with Gasteiger partial charge >= 0.3 is 5.97 Å². The van der Waals surface area contributed by atoms with E-state index in [1.54, 1.807) is 17.6 Å². The minimum Gasteiger partial charge on any atom is -0.478 e. The number of aryl methyl sites for hydroxylation is 1. The first-order chi connectivity index (χ1) is 6.59. The van der Waals surface area contributed by atoms with Crippen LogP contribution in [0.15, 0.2) is 18.3 Å². The van der Waals surface area contributed by atoms with E-state index in [9.17, 15) is 4.79 Å².